The van der Waals surface area contributed by atoms with Crippen LogP contribution in [-0.4, -0.2) is 74.1 Å². The van der Waals surface area contributed by atoms with Crippen LogP contribution in [0.15, 0.2) is 0 Å². The second-order valence-electron chi connectivity index (χ2n) is 3.27. The van der Waals surface area contributed by atoms with E-state index in [1.165, 1.54) is 0 Å². The first-order valence-electron chi connectivity index (χ1n) is 4.12. The average Bonchev–Trinajstić information content (AvgIpc) is 2.20. The van der Waals surface area contributed by atoms with E-state index in [0.29, 0.717) is 0 Å². The average molecular weight is 210 g/mol. The highest BCUT2D eigenvalue weighted by atomic mass is 16.7. The third-order valence-electron chi connectivity index (χ3n) is 2.28. The molecule has 1 saturated heterocycles. The van der Waals surface area contributed by atoms with E-state index in [0.717, 1.165) is 0 Å². The van der Waals surface area contributed by atoms with Crippen LogP contribution in [0.2, 0.25) is 0 Å². The maximum Gasteiger partial charge on any atom is 0.219 e. The van der Waals surface area contributed by atoms with Gasteiger partial charge in [0.1, 0.15) is 24.4 Å². The molecule has 5 atom stereocenters. The largest absolute Gasteiger partial charge is 0.394 e. The van der Waals surface area contributed by atoms with Crippen LogP contribution in [0.1, 0.15) is 0 Å². The SMILES string of the molecule is OC[C@H]1O[C@](O)(CO)[C@@H](O)[C@@H](O)[C@@H]1O. The van der Waals surface area contributed by atoms with Gasteiger partial charge in [-0.15, -0.1) is 0 Å². The lowest BCUT2D eigenvalue weighted by Crippen LogP contribution is -2.66. The minimum Gasteiger partial charge on any atom is -0.394 e. The second-order valence-corrected chi connectivity index (χ2v) is 3.27. The summed E-state index contributed by atoms with van der Waals surface area (Å²) >= 11 is 0. The highest BCUT2D eigenvalue weighted by Crippen LogP contribution is 2.27. The van der Waals surface area contributed by atoms with Gasteiger partial charge in [0.25, 0.3) is 0 Å². The zero-order valence-corrected chi connectivity index (χ0v) is 7.32. The smallest absolute Gasteiger partial charge is 0.219 e. The molecule has 0 spiro atoms. The first-order valence-corrected chi connectivity index (χ1v) is 4.12. The molecule has 1 aliphatic heterocycles. The Morgan fingerprint density at radius 1 is 1.07 bits per heavy atom. The number of ether oxygens (including phenoxy) is 1. The molecule has 0 radical (unpaired) electrons. The molecule has 0 bridgehead atoms. The topological polar surface area (TPSA) is 131 Å². The normalized spacial score (nSPS) is 49.3. The molecule has 0 aromatic heterocycles. The van der Waals surface area contributed by atoms with Gasteiger partial charge in [0.2, 0.25) is 5.79 Å². The molecule has 1 rings (SSSR count). The van der Waals surface area contributed by atoms with E-state index in [-0.39, 0.29) is 0 Å². The van der Waals surface area contributed by atoms with E-state index in [2.05, 4.69) is 4.74 Å². The van der Waals surface area contributed by atoms with Gasteiger partial charge in [-0.3, -0.25) is 0 Å². The summed E-state index contributed by atoms with van der Waals surface area (Å²) in [6, 6.07) is 0. The van der Waals surface area contributed by atoms with Crippen molar-refractivity contribution in [3.8, 4) is 0 Å². The zero-order valence-electron chi connectivity index (χ0n) is 7.32. The van der Waals surface area contributed by atoms with E-state index in [1.807, 2.05) is 0 Å². The molecule has 7 heteroatoms. The summed E-state index contributed by atoms with van der Waals surface area (Å²) in [6.07, 6.45) is -6.27. The third-order valence-corrected chi connectivity index (χ3v) is 2.28. The maximum atomic E-state index is 9.43. The van der Waals surface area contributed by atoms with Crippen molar-refractivity contribution in [2.75, 3.05) is 13.2 Å². The fourth-order valence-electron chi connectivity index (χ4n) is 1.35. The van der Waals surface area contributed by atoms with Crippen molar-refractivity contribution in [3.05, 3.63) is 0 Å². The molecule has 1 heterocycles. The van der Waals surface area contributed by atoms with Crippen LogP contribution in [0.4, 0.5) is 0 Å². The van der Waals surface area contributed by atoms with Gasteiger partial charge >= 0.3 is 0 Å². The number of aliphatic hydroxyl groups excluding tert-OH is 5. The van der Waals surface area contributed by atoms with Gasteiger partial charge in [-0.1, -0.05) is 0 Å². The van der Waals surface area contributed by atoms with Crippen LogP contribution < -0.4 is 0 Å². The van der Waals surface area contributed by atoms with Gasteiger partial charge in [0.05, 0.1) is 13.2 Å². The van der Waals surface area contributed by atoms with Crippen LogP contribution in [0.25, 0.3) is 0 Å². The highest BCUT2D eigenvalue weighted by molar-refractivity contribution is 4.95. The van der Waals surface area contributed by atoms with E-state index < -0.39 is 43.4 Å². The first-order chi connectivity index (χ1) is 6.46. The molecule has 1 aliphatic rings. The lowest BCUT2D eigenvalue weighted by molar-refractivity contribution is -0.357. The molecule has 0 aromatic rings. The Morgan fingerprint density at radius 3 is 2.07 bits per heavy atom. The lowest BCUT2D eigenvalue weighted by Gasteiger charge is -2.44. The minimum atomic E-state index is -2.36. The van der Waals surface area contributed by atoms with Gasteiger partial charge in [0.15, 0.2) is 0 Å². The summed E-state index contributed by atoms with van der Waals surface area (Å²) in [5.41, 5.74) is 0. The zero-order chi connectivity index (χ0) is 10.9. The van der Waals surface area contributed by atoms with E-state index in [4.69, 9.17) is 10.2 Å². The van der Waals surface area contributed by atoms with Gasteiger partial charge < -0.3 is 35.4 Å². The molecule has 0 unspecified atom stereocenters. The summed E-state index contributed by atoms with van der Waals surface area (Å²) in [7, 11) is 0. The van der Waals surface area contributed by atoms with Gasteiger partial charge in [-0.25, -0.2) is 0 Å². The van der Waals surface area contributed by atoms with Crippen molar-refractivity contribution in [1.29, 1.82) is 0 Å². The number of hydrogen-bond donors (Lipinski definition) is 6. The maximum absolute atomic E-state index is 9.43. The van der Waals surface area contributed by atoms with Crippen molar-refractivity contribution in [1.82, 2.24) is 0 Å². The summed E-state index contributed by atoms with van der Waals surface area (Å²) in [4.78, 5) is 0. The molecular formula is C7H14O7. The molecule has 0 aliphatic carbocycles. The Balaban J connectivity index is 2.84. The van der Waals surface area contributed by atoms with E-state index in [1.54, 1.807) is 0 Å². The Morgan fingerprint density at radius 2 is 1.64 bits per heavy atom. The van der Waals surface area contributed by atoms with Crippen molar-refractivity contribution in [3.63, 3.8) is 0 Å². The lowest BCUT2D eigenvalue weighted by atomic mass is 9.93. The van der Waals surface area contributed by atoms with Crippen LogP contribution in [0.3, 0.4) is 0 Å². The monoisotopic (exact) mass is 210 g/mol. The molecule has 14 heavy (non-hydrogen) atoms. The Kier molecular flexibility index (Phi) is 3.43. The molecule has 0 saturated carbocycles. The Labute approximate surface area is 79.8 Å². The van der Waals surface area contributed by atoms with Gasteiger partial charge in [0, 0.05) is 0 Å². The van der Waals surface area contributed by atoms with Gasteiger partial charge in [-0.05, 0) is 0 Å². The Hall–Kier alpha value is -0.280. The number of rotatable bonds is 2. The predicted octanol–water partition coefficient (Wildman–Crippen LogP) is -3.86. The minimum absolute atomic E-state index is 0.646. The van der Waals surface area contributed by atoms with Gasteiger partial charge in [-0.2, -0.15) is 0 Å². The fraction of sp³-hybridized carbons (Fsp3) is 1.00. The summed E-state index contributed by atoms with van der Waals surface area (Å²) in [6.45, 7) is -1.60. The predicted molar refractivity (Wildman–Crippen MR) is 42.0 cm³/mol. The molecule has 7 nitrogen and oxygen atoms in total. The summed E-state index contributed by atoms with van der Waals surface area (Å²) < 4.78 is 4.66. The summed E-state index contributed by atoms with van der Waals surface area (Å²) in [5.74, 6) is -2.36. The van der Waals surface area contributed by atoms with Crippen molar-refractivity contribution in [2.45, 2.75) is 30.2 Å². The van der Waals surface area contributed by atoms with Crippen LogP contribution in [0, 0.1) is 0 Å². The van der Waals surface area contributed by atoms with E-state index >= 15 is 0 Å². The van der Waals surface area contributed by atoms with Crippen LogP contribution >= 0.6 is 0 Å². The Bertz CT molecular complexity index is 196. The van der Waals surface area contributed by atoms with Crippen molar-refractivity contribution in [2.24, 2.45) is 0 Å². The third kappa shape index (κ3) is 1.75. The molecule has 0 amide bonds. The highest BCUT2D eigenvalue weighted by Gasteiger charge is 2.52. The van der Waals surface area contributed by atoms with Crippen LogP contribution in [-0.2, 0) is 4.74 Å². The van der Waals surface area contributed by atoms with Crippen molar-refractivity contribution < 1.29 is 35.4 Å². The molecule has 84 valence electrons. The quantitative estimate of drug-likeness (QED) is 0.275. The molecule has 6 N–H and O–H groups in total. The molecule has 1 fully saturated rings. The number of hydrogen-bond acceptors (Lipinski definition) is 7. The second kappa shape index (κ2) is 4.07. The first kappa shape index (κ1) is 11.8. The van der Waals surface area contributed by atoms with Crippen molar-refractivity contribution >= 4 is 0 Å². The standard InChI is InChI=1S/C7H14O7/c8-1-3-4(10)5(11)6(12)7(13,2-9)14-3/h3-6,8-13H,1-2H2/t3-,4-,5+,6+,7-/m1/s1. The van der Waals surface area contributed by atoms with Crippen LogP contribution in [0.5, 0.6) is 0 Å². The van der Waals surface area contributed by atoms with E-state index in [9.17, 15) is 20.4 Å². The number of aliphatic hydroxyl groups is 6. The molecular weight excluding hydrogens is 196 g/mol. The molecule has 0 aromatic carbocycles. The summed E-state index contributed by atoms with van der Waals surface area (Å²) in [5, 5.41) is 54.6. The fourth-order valence-corrected chi connectivity index (χ4v) is 1.35.